The van der Waals surface area contributed by atoms with Crippen molar-refractivity contribution in [3.63, 3.8) is 0 Å². The molecule has 1 fully saturated rings. The summed E-state index contributed by atoms with van der Waals surface area (Å²) in [6.45, 7) is 8.92. The third-order valence-electron chi connectivity index (χ3n) is 4.37. The molecule has 1 unspecified atom stereocenters. The first-order chi connectivity index (χ1) is 10.1. The van der Waals surface area contributed by atoms with Gasteiger partial charge < -0.3 is 4.90 Å². The molecule has 0 bridgehead atoms. The van der Waals surface area contributed by atoms with E-state index in [0.29, 0.717) is 11.9 Å². The zero-order valence-electron chi connectivity index (χ0n) is 12.9. The Kier molecular flexibility index (Phi) is 3.99. The maximum atomic E-state index is 5.53. The molecule has 2 aromatic rings. The van der Waals surface area contributed by atoms with Crippen LogP contribution in [0.25, 0.3) is 10.2 Å². The number of hydrogen-bond acceptors (Lipinski definition) is 6. The summed E-state index contributed by atoms with van der Waals surface area (Å²) in [7, 11) is 0. The molecule has 5 nitrogen and oxygen atoms in total. The van der Waals surface area contributed by atoms with Crippen LogP contribution in [0.3, 0.4) is 0 Å². The number of nitrogen functional groups attached to an aromatic ring is 1. The number of rotatable bonds is 4. The summed E-state index contributed by atoms with van der Waals surface area (Å²) in [5, 5.41) is 1.17. The summed E-state index contributed by atoms with van der Waals surface area (Å²) < 4.78 is 0. The van der Waals surface area contributed by atoms with Gasteiger partial charge in [-0.3, -0.25) is 5.43 Å². The SMILES string of the molecule is CCc1cc2c(N3CCC(C(C)C)C3)nc(NN)nc2s1. The van der Waals surface area contributed by atoms with E-state index >= 15 is 0 Å². The van der Waals surface area contributed by atoms with Gasteiger partial charge in [-0.2, -0.15) is 4.98 Å². The average Bonchev–Trinajstić information content (AvgIpc) is 3.12. The third-order valence-corrected chi connectivity index (χ3v) is 5.54. The molecular formula is C15H23N5S. The second-order valence-electron chi connectivity index (χ2n) is 6.04. The first-order valence-electron chi connectivity index (χ1n) is 7.64. The number of anilines is 2. The van der Waals surface area contributed by atoms with Crippen LogP contribution in [0.5, 0.6) is 0 Å². The number of thiophene rings is 1. The van der Waals surface area contributed by atoms with Crippen molar-refractivity contribution in [1.29, 1.82) is 0 Å². The maximum absolute atomic E-state index is 5.53. The summed E-state index contributed by atoms with van der Waals surface area (Å²) in [5.74, 6) is 8.54. The van der Waals surface area contributed by atoms with E-state index in [0.717, 1.165) is 36.1 Å². The zero-order chi connectivity index (χ0) is 15.0. The minimum Gasteiger partial charge on any atom is -0.356 e. The predicted octanol–water partition coefficient (Wildman–Crippen LogP) is 3.02. The van der Waals surface area contributed by atoms with Crippen molar-refractivity contribution in [3.05, 3.63) is 10.9 Å². The molecule has 0 aliphatic carbocycles. The van der Waals surface area contributed by atoms with E-state index in [9.17, 15) is 0 Å². The minimum absolute atomic E-state index is 0.509. The van der Waals surface area contributed by atoms with Crippen molar-refractivity contribution in [3.8, 4) is 0 Å². The highest BCUT2D eigenvalue weighted by atomic mass is 32.1. The number of nitrogens with one attached hydrogen (secondary N) is 1. The molecule has 2 aromatic heterocycles. The molecule has 21 heavy (non-hydrogen) atoms. The summed E-state index contributed by atoms with van der Waals surface area (Å²) in [6, 6.07) is 2.23. The van der Waals surface area contributed by atoms with Crippen LogP contribution in [0.15, 0.2) is 6.07 Å². The van der Waals surface area contributed by atoms with Crippen LogP contribution in [-0.4, -0.2) is 23.1 Å². The highest BCUT2D eigenvalue weighted by Gasteiger charge is 2.27. The fraction of sp³-hybridized carbons (Fsp3) is 0.600. The standard InChI is InChI=1S/C15H23N5S/c1-4-11-7-12-13(17-15(19-16)18-14(12)21-11)20-6-5-10(8-20)9(2)3/h7,9-10H,4-6,8,16H2,1-3H3,(H,17,18,19). The van der Waals surface area contributed by atoms with Crippen LogP contribution >= 0.6 is 11.3 Å². The van der Waals surface area contributed by atoms with Crippen LogP contribution in [-0.2, 0) is 6.42 Å². The van der Waals surface area contributed by atoms with Gasteiger partial charge >= 0.3 is 0 Å². The van der Waals surface area contributed by atoms with Crippen molar-refractivity contribution >= 4 is 33.3 Å². The molecular weight excluding hydrogens is 282 g/mol. The zero-order valence-corrected chi connectivity index (χ0v) is 13.7. The van der Waals surface area contributed by atoms with Gasteiger partial charge in [-0.05, 0) is 30.7 Å². The molecule has 1 aliphatic heterocycles. The molecule has 3 heterocycles. The van der Waals surface area contributed by atoms with Gasteiger partial charge in [0.2, 0.25) is 5.95 Å². The Balaban J connectivity index is 2.02. The lowest BCUT2D eigenvalue weighted by atomic mass is 9.95. The van der Waals surface area contributed by atoms with Crippen molar-refractivity contribution in [2.24, 2.45) is 17.7 Å². The lowest BCUT2D eigenvalue weighted by Crippen LogP contribution is -2.23. The highest BCUT2D eigenvalue weighted by molar-refractivity contribution is 7.18. The Bertz CT molecular complexity index is 636. The number of nitrogens with two attached hydrogens (primary N) is 1. The van der Waals surface area contributed by atoms with E-state index in [2.05, 4.69) is 47.1 Å². The van der Waals surface area contributed by atoms with Crippen molar-refractivity contribution < 1.29 is 0 Å². The van der Waals surface area contributed by atoms with Crippen molar-refractivity contribution in [2.45, 2.75) is 33.6 Å². The molecule has 1 aliphatic rings. The average molecular weight is 305 g/mol. The van der Waals surface area contributed by atoms with E-state index < -0.39 is 0 Å². The quantitative estimate of drug-likeness (QED) is 0.671. The molecule has 0 radical (unpaired) electrons. The summed E-state index contributed by atoms with van der Waals surface area (Å²) in [4.78, 5) is 13.9. The number of fused-ring (bicyclic) bond motifs is 1. The fourth-order valence-electron chi connectivity index (χ4n) is 2.96. The summed E-state index contributed by atoms with van der Waals surface area (Å²) in [6.07, 6.45) is 2.26. The number of hydrazine groups is 1. The second kappa shape index (κ2) is 5.77. The Hall–Kier alpha value is -1.40. The minimum atomic E-state index is 0.509. The van der Waals surface area contributed by atoms with Crippen LogP contribution in [0.1, 0.15) is 32.1 Å². The van der Waals surface area contributed by atoms with Crippen LogP contribution in [0.4, 0.5) is 11.8 Å². The number of nitrogens with zero attached hydrogens (tertiary/aromatic N) is 3. The summed E-state index contributed by atoms with van der Waals surface area (Å²) in [5.41, 5.74) is 2.60. The normalized spacial score (nSPS) is 18.9. The Labute approximate surface area is 129 Å². The van der Waals surface area contributed by atoms with Gasteiger partial charge in [0.1, 0.15) is 10.6 Å². The molecule has 3 rings (SSSR count). The maximum Gasteiger partial charge on any atom is 0.240 e. The third kappa shape index (κ3) is 2.70. The molecule has 114 valence electrons. The molecule has 3 N–H and O–H groups in total. The fourth-order valence-corrected chi connectivity index (χ4v) is 3.92. The number of aromatic nitrogens is 2. The Morgan fingerprint density at radius 2 is 2.29 bits per heavy atom. The van der Waals surface area contributed by atoms with E-state index in [4.69, 9.17) is 5.84 Å². The van der Waals surface area contributed by atoms with E-state index in [1.807, 2.05) is 0 Å². The molecule has 6 heteroatoms. The molecule has 0 aromatic carbocycles. The first kappa shape index (κ1) is 14.5. The molecule has 1 atom stereocenters. The molecule has 0 saturated carbocycles. The van der Waals surface area contributed by atoms with Gasteiger partial charge in [0.15, 0.2) is 0 Å². The second-order valence-corrected chi connectivity index (χ2v) is 7.15. The lowest BCUT2D eigenvalue weighted by Gasteiger charge is -2.20. The van der Waals surface area contributed by atoms with Gasteiger partial charge in [-0.1, -0.05) is 20.8 Å². The van der Waals surface area contributed by atoms with Crippen LogP contribution < -0.4 is 16.2 Å². The van der Waals surface area contributed by atoms with Gasteiger partial charge in [0.25, 0.3) is 0 Å². The monoisotopic (exact) mass is 305 g/mol. The Morgan fingerprint density at radius 3 is 2.90 bits per heavy atom. The van der Waals surface area contributed by atoms with Crippen molar-refractivity contribution in [2.75, 3.05) is 23.4 Å². The largest absolute Gasteiger partial charge is 0.356 e. The molecule has 0 spiro atoms. The van der Waals surface area contributed by atoms with E-state index in [1.54, 1.807) is 11.3 Å². The van der Waals surface area contributed by atoms with Gasteiger partial charge in [0.05, 0.1) is 5.39 Å². The van der Waals surface area contributed by atoms with Crippen molar-refractivity contribution in [1.82, 2.24) is 9.97 Å². The Morgan fingerprint density at radius 1 is 1.48 bits per heavy atom. The number of aryl methyl sites for hydroxylation is 1. The van der Waals surface area contributed by atoms with Crippen LogP contribution in [0, 0.1) is 11.8 Å². The first-order valence-corrected chi connectivity index (χ1v) is 8.46. The molecule has 0 amide bonds. The lowest BCUT2D eigenvalue weighted by molar-refractivity contribution is 0.422. The topological polar surface area (TPSA) is 67.1 Å². The summed E-state index contributed by atoms with van der Waals surface area (Å²) >= 11 is 1.73. The van der Waals surface area contributed by atoms with Gasteiger partial charge in [0, 0.05) is 18.0 Å². The van der Waals surface area contributed by atoms with Crippen LogP contribution in [0.2, 0.25) is 0 Å². The smallest absolute Gasteiger partial charge is 0.240 e. The highest BCUT2D eigenvalue weighted by Crippen LogP contribution is 2.35. The molecule has 1 saturated heterocycles. The number of hydrogen-bond donors (Lipinski definition) is 2. The van der Waals surface area contributed by atoms with Gasteiger partial charge in [-0.15, -0.1) is 11.3 Å². The van der Waals surface area contributed by atoms with Gasteiger partial charge in [-0.25, -0.2) is 10.8 Å². The van der Waals surface area contributed by atoms with E-state index in [-0.39, 0.29) is 0 Å². The van der Waals surface area contributed by atoms with E-state index in [1.165, 1.54) is 16.7 Å². The predicted molar refractivity (Wildman–Crippen MR) is 89.8 cm³/mol.